The second-order valence-electron chi connectivity index (χ2n) is 5.06. The molecule has 2 heteroatoms. The van der Waals surface area contributed by atoms with Crippen LogP contribution in [-0.2, 0) is 4.79 Å². The second-order valence-corrected chi connectivity index (χ2v) is 5.06. The van der Waals surface area contributed by atoms with E-state index >= 15 is 0 Å². The summed E-state index contributed by atoms with van der Waals surface area (Å²) in [6.45, 7) is 0. The van der Waals surface area contributed by atoms with Crippen LogP contribution < -0.4 is 0 Å². The highest BCUT2D eigenvalue weighted by atomic mass is 16.3. The number of carbonyl (C=O) groups is 1. The summed E-state index contributed by atoms with van der Waals surface area (Å²) in [5.74, 6) is 0.0607. The van der Waals surface area contributed by atoms with Crippen LogP contribution in [0.5, 0.6) is 0 Å². The molecule has 0 saturated carbocycles. The summed E-state index contributed by atoms with van der Waals surface area (Å²) < 4.78 is 0. The molecular weight excluding hydrogens is 260 g/mol. The first kappa shape index (κ1) is 15.0. The van der Waals surface area contributed by atoms with Crippen molar-refractivity contribution in [1.29, 1.82) is 0 Å². The van der Waals surface area contributed by atoms with Crippen molar-refractivity contribution in [2.75, 3.05) is 0 Å². The number of allylic oxidation sites excluding steroid dienone is 13. The molecule has 2 aliphatic carbocycles. The van der Waals surface area contributed by atoms with Gasteiger partial charge in [-0.25, -0.2) is 0 Å². The molecule has 0 radical (unpaired) electrons. The van der Waals surface area contributed by atoms with E-state index in [1.165, 1.54) is 12.2 Å². The van der Waals surface area contributed by atoms with Crippen LogP contribution in [0.3, 0.4) is 0 Å². The van der Waals surface area contributed by atoms with Gasteiger partial charge in [0.1, 0.15) is 5.76 Å². The highest BCUT2D eigenvalue weighted by molar-refractivity contribution is 6.00. The van der Waals surface area contributed by atoms with Gasteiger partial charge in [0.25, 0.3) is 0 Å². The van der Waals surface area contributed by atoms with E-state index in [9.17, 15) is 9.90 Å². The number of rotatable bonds is 5. The van der Waals surface area contributed by atoms with Crippen LogP contribution in [0.1, 0.15) is 19.3 Å². The molecule has 108 valence electrons. The minimum Gasteiger partial charge on any atom is -0.508 e. The van der Waals surface area contributed by atoms with Gasteiger partial charge in [0, 0.05) is 6.08 Å². The van der Waals surface area contributed by atoms with Crippen LogP contribution in [0.25, 0.3) is 0 Å². The zero-order valence-corrected chi connectivity index (χ0v) is 12.0. The Morgan fingerprint density at radius 1 is 1.19 bits per heavy atom. The summed E-state index contributed by atoms with van der Waals surface area (Å²) in [6.07, 6.45) is 25.3. The Morgan fingerprint density at radius 3 is 2.81 bits per heavy atom. The number of hydrogen-bond donors (Lipinski definition) is 1. The van der Waals surface area contributed by atoms with Gasteiger partial charge in [-0.05, 0) is 42.9 Å². The van der Waals surface area contributed by atoms with E-state index in [0.29, 0.717) is 0 Å². The fraction of sp³-hybridized carbons (Fsp3) is 0.211. The largest absolute Gasteiger partial charge is 0.508 e. The Morgan fingerprint density at radius 2 is 2.10 bits per heavy atom. The van der Waals surface area contributed by atoms with Gasteiger partial charge in [0.2, 0.25) is 0 Å². The topological polar surface area (TPSA) is 37.3 Å². The molecule has 0 saturated heterocycles. The highest BCUT2D eigenvalue weighted by Gasteiger charge is 2.01. The van der Waals surface area contributed by atoms with Crippen molar-refractivity contribution in [2.24, 2.45) is 5.92 Å². The standard InChI is InChI=1S/C19H20O2/c20-18(13-11-16-7-3-1-4-8-16)15-19(21)14-12-17-9-5-2-6-10-17/h1,3-5,7,9-16,20H,2,6,8H2/b13-11+,14-12+,18-15-. The normalized spacial score (nSPS) is 22.2. The van der Waals surface area contributed by atoms with Gasteiger partial charge < -0.3 is 5.11 Å². The Balaban J connectivity index is 1.87. The summed E-state index contributed by atoms with van der Waals surface area (Å²) >= 11 is 0. The van der Waals surface area contributed by atoms with Gasteiger partial charge in [-0.1, -0.05) is 54.7 Å². The summed E-state index contributed by atoms with van der Waals surface area (Å²) in [4.78, 5) is 11.7. The van der Waals surface area contributed by atoms with E-state index in [4.69, 9.17) is 0 Å². The van der Waals surface area contributed by atoms with Gasteiger partial charge in [-0.2, -0.15) is 0 Å². The third kappa shape index (κ3) is 5.65. The van der Waals surface area contributed by atoms with Crippen molar-refractivity contribution in [1.82, 2.24) is 0 Å². The maximum atomic E-state index is 11.7. The van der Waals surface area contributed by atoms with Crippen LogP contribution in [0.4, 0.5) is 0 Å². The van der Waals surface area contributed by atoms with Crippen LogP contribution >= 0.6 is 0 Å². The first-order valence-electron chi connectivity index (χ1n) is 7.25. The minimum absolute atomic E-state index is 0.0132. The van der Waals surface area contributed by atoms with Crippen LogP contribution in [0, 0.1) is 5.92 Å². The molecule has 1 N–H and O–H groups in total. The molecule has 0 aromatic carbocycles. The Kier molecular flexibility index (Phi) is 5.77. The average molecular weight is 280 g/mol. The SMILES string of the molecule is O=C(/C=C(O)/C=C/C1C=CC=CC1)/C=C/C1=CCCC=C1. The zero-order valence-electron chi connectivity index (χ0n) is 12.0. The average Bonchev–Trinajstić information content (AvgIpc) is 2.53. The maximum Gasteiger partial charge on any atom is 0.182 e. The van der Waals surface area contributed by atoms with E-state index < -0.39 is 0 Å². The van der Waals surface area contributed by atoms with Crippen molar-refractivity contribution in [3.05, 3.63) is 84.2 Å². The van der Waals surface area contributed by atoms with E-state index in [-0.39, 0.29) is 17.5 Å². The number of hydrogen-bond acceptors (Lipinski definition) is 2. The maximum absolute atomic E-state index is 11.7. The van der Waals surface area contributed by atoms with Crippen molar-refractivity contribution >= 4 is 5.78 Å². The fourth-order valence-electron chi connectivity index (χ4n) is 2.14. The fourth-order valence-corrected chi connectivity index (χ4v) is 2.14. The molecule has 0 heterocycles. The summed E-state index contributed by atoms with van der Waals surface area (Å²) in [5, 5.41) is 9.74. The molecule has 0 amide bonds. The number of aliphatic hydroxyl groups is 1. The summed E-state index contributed by atoms with van der Waals surface area (Å²) in [5.41, 5.74) is 1.04. The lowest BCUT2D eigenvalue weighted by molar-refractivity contribution is -0.110. The molecule has 1 unspecified atom stereocenters. The first-order chi connectivity index (χ1) is 10.2. The quantitative estimate of drug-likeness (QED) is 0.457. The van der Waals surface area contributed by atoms with Gasteiger partial charge in [-0.3, -0.25) is 4.79 Å². The van der Waals surface area contributed by atoms with Crippen molar-refractivity contribution in [3.8, 4) is 0 Å². The molecule has 0 fully saturated rings. The number of carbonyl (C=O) groups excluding carboxylic acids is 1. The van der Waals surface area contributed by atoms with E-state index in [1.807, 2.05) is 24.3 Å². The lowest BCUT2D eigenvalue weighted by Crippen LogP contribution is -1.93. The van der Waals surface area contributed by atoms with Crippen molar-refractivity contribution in [2.45, 2.75) is 19.3 Å². The lowest BCUT2D eigenvalue weighted by Gasteiger charge is -2.06. The molecule has 0 aliphatic heterocycles. The molecular formula is C19H20O2. The molecule has 0 aromatic rings. The predicted molar refractivity (Wildman–Crippen MR) is 86.8 cm³/mol. The summed E-state index contributed by atoms with van der Waals surface area (Å²) in [7, 11) is 0. The van der Waals surface area contributed by atoms with E-state index in [0.717, 1.165) is 24.8 Å². The Bertz CT molecular complexity index is 581. The van der Waals surface area contributed by atoms with Gasteiger partial charge in [0.05, 0.1) is 0 Å². The van der Waals surface area contributed by atoms with Crippen molar-refractivity contribution < 1.29 is 9.90 Å². The molecule has 0 bridgehead atoms. The first-order valence-corrected chi connectivity index (χ1v) is 7.25. The van der Waals surface area contributed by atoms with Crippen molar-refractivity contribution in [3.63, 3.8) is 0 Å². The second kappa shape index (κ2) is 8.05. The molecule has 0 aromatic heterocycles. The monoisotopic (exact) mass is 280 g/mol. The van der Waals surface area contributed by atoms with Crippen LogP contribution in [0.15, 0.2) is 84.2 Å². The third-order valence-electron chi connectivity index (χ3n) is 3.28. The van der Waals surface area contributed by atoms with E-state index in [2.05, 4.69) is 24.3 Å². The van der Waals surface area contributed by atoms with E-state index in [1.54, 1.807) is 12.2 Å². The molecule has 1 atom stereocenters. The van der Waals surface area contributed by atoms with Gasteiger partial charge >= 0.3 is 0 Å². The smallest absolute Gasteiger partial charge is 0.182 e. The number of aliphatic hydroxyl groups excluding tert-OH is 1. The number of ketones is 1. The zero-order chi connectivity index (χ0) is 14.9. The predicted octanol–water partition coefficient (Wildman–Crippen LogP) is 4.52. The van der Waals surface area contributed by atoms with Crippen LogP contribution in [-0.4, -0.2) is 10.9 Å². The molecule has 2 nitrogen and oxygen atoms in total. The lowest BCUT2D eigenvalue weighted by atomic mass is 10.0. The highest BCUT2D eigenvalue weighted by Crippen LogP contribution is 2.13. The minimum atomic E-state index is -0.212. The van der Waals surface area contributed by atoms with Gasteiger partial charge in [0.15, 0.2) is 5.78 Å². The van der Waals surface area contributed by atoms with Crippen LogP contribution in [0.2, 0.25) is 0 Å². The molecule has 21 heavy (non-hydrogen) atoms. The third-order valence-corrected chi connectivity index (χ3v) is 3.28. The van der Waals surface area contributed by atoms with Gasteiger partial charge in [-0.15, -0.1) is 0 Å². The Labute approximate surface area is 125 Å². The molecule has 2 rings (SSSR count). The Hall–Kier alpha value is -2.35. The summed E-state index contributed by atoms with van der Waals surface area (Å²) in [6, 6.07) is 0. The molecule has 2 aliphatic rings. The molecule has 0 spiro atoms.